The van der Waals surface area contributed by atoms with Crippen molar-refractivity contribution in [2.75, 3.05) is 30.6 Å². The van der Waals surface area contributed by atoms with Crippen LogP contribution in [0.5, 0.6) is 5.75 Å². The lowest BCUT2D eigenvalue weighted by Crippen LogP contribution is -2.75. The second-order valence-corrected chi connectivity index (χ2v) is 9.04. The number of rotatable bonds is 8. The Morgan fingerprint density at radius 3 is 2.57 bits per heavy atom. The van der Waals surface area contributed by atoms with Crippen molar-refractivity contribution in [3.05, 3.63) is 54.1 Å². The molecule has 0 radical (unpaired) electrons. The third kappa shape index (κ3) is 3.52. The van der Waals surface area contributed by atoms with Crippen LogP contribution in [0, 0.1) is 0 Å². The smallest absolute Gasteiger partial charge is 0.339 e. The van der Waals surface area contributed by atoms with Gasteiger partial charge in [-0.05, 0) is 32.0 Å². The SMILES string of the molecule is CCOC(=O)C[C@]1(C)O[C@@H]2c3ccc(OC)cc3N3C(=O)N(c4ccccc4)C(=O)N1[C@]23C/C=N/OC. The second kappa shape index (κ2) is 9.07. The van der Waals surface area contributed by atoms with Crippen molar-refractivity contribution in [3.8, 4) is 5.75 Å². The summed E-state index contributed by atoms with van der Waals surface area (Å²) >= 11 is 0. The molecule has 4 amide bonds. The highest BCUT2D eigenvalue weighted by Crippen LogP contribution is 2.62. The van der Waals surface area contributed by atoms with Crippen LogP contribution >= 0.6 is 0 Å². The van der Waals surface area contributed by atoms with Gasteiger partial charge in [-0.2, -0.15) is 0 Å². The van der Waals surface area contributed by atoms with Gasteiger partial charge < -0.3 is 19.0 Å². The largest absolute Gasteiger partial charge is 0.497 e. The average molecular weight is 509 g/mol. The van der Waals surface area contributed by atoms with Crippen LogP contribution in [0.1, 0.15) is 38.4 Å². The molecular formula is C26H28N4O7. The van der Waals surface area contributed by atoms with Gasteiger partial charge in [0, 0.05) is 24.3 Å². The van der Waals surface area contributed by atoms with E-state index >= 15 is 0 Å². The van der Waals surface area contributed by atoms with Crippen LogP contribution in [-0.2, 0) is 19.1 Å². The number of ether oxygens (including phenoxy) is 3. The molecule has 3 aliphatic heterocycles. The summed E-state index contributed by atoms with van der Waals surface area (Å²) in [6.45, 7) is 3.55. The molecule has 11 heteroatoms. The van der Waals surface area contributed by atoms with Gasteiger partial charge in [0.25, 0.3) is 0 Å². The zero-order valence-corrected chi connectivity index (χ0v) is 21.0. The summed E-state index contributed by atoms with van der Waals surface area (Å²) in [7, 11) is 2.94. The minimum atomic E-state index is -1.43. The molecule has 11 nitrogen and oxygen atoms in total. The molecule has 2 aromatic rings. The van der Waals surface area contributed by atoms with Crippen molar-refractivity contribution in [1.82, 2.24) is 4.90 Å². The van der Waals surface area contributed by atoms with Gasteiger partial charge >= 0.3 is 18.0 Å². The zero-order valence-electron chi connectivity index (χ0n) is 21.0. The molecule has 3 atom stereocenters. The van der Waals surface area contributed by atoms with Gasteiger partial charge in [0.1, 0.15) is 19.0 Å². The Labute approximate surface area is 214 Å². The molecule has 0 N–H and O–H groups in total. The number of hydrogen-bond acceptors (Lipinski definition) is 8. The molecular weight excluding hydrogens is 480 g/mol. The van der Waals surface area contributed by atoms with Crippen LogP contribution in [-0.4, -0.2) is 61.4 Å². The van der Waals surface area contributed by atoms with Crippen LogP contribution in [0.2, 0.25) is 0 Å². The first kappa shape index (κ1) is 24.6. The van der Waals surface area contributed by atoms with Gasteiger partial charge in [0.05, 0.1) is 31.5 Å². The Bertz CT molecular complexity index is 1270. The first-order chi connectivity index (χ1) is 17.8. The van der Waals surface area contributed by atoms with Crippen molar-refractivity contribution in [3.63, 3.8) is 0 Å². The Hall–Kier alpha value is -4.12. The van der Waals surface area contributed by atoms with Gasteiger partial charge in [-0.1, -0.05) is 29.4 Å². The maximum atomic E-state index is 14.3. The van der Waals surface area contributed by atoms with Gasteiger partial charge in [0.2, 0.25) is 0 Å². The quantitative estimate of drug-likeness (QED) is 0.301. The fraction of sp³-hybridized carbons (Fsp3) is 0.385. The number of nitrogens with zero attached hydrogens (tertiary/aromatic N) is 4. The number of oxime groups is 1. The van der Waals surface area contributed by atoms with Crippen LogP contribution < -0.4 is 14.5 Å². The summed E-state index contributed by atoms with van der Waals surface area (Å²) in [5, 5.41) is 3.89. The number of fused-ring (bicyclic) bond motifs is 3. The number of urea groups is 2. The molecule has 0 bridgehead atoms. The maximum absolute atomic E-state index is 14.3. The number of methoxy groups -OCH3 is 1. The van der Waals surface area contributed by atoms with E-state index in [1.165, 1.54) is 25.3 Å². The predicted octanol–water partition coefficient (Wildman–Crippen LogP) is 4.04. The number of carbonyl (C=O) groups excluding carboxylic acids is 3. The molecule has 0 saturated carbocycles. The fourth-order valence-corrected chi connectivity index (χ4v) is 5.58. The van der Waals surface area contributed by atoms with Crippen molar-refractivity contribution in [2.24, 2.45) is 5.16 Å². The van der Waals surface area contributed by atoms with Crippen molar-refractivity contribution in [2.45, 2.75) is 44.2 Å². The average Bonchev–Trinajstić information content (AvgIpc) is 3.28. The van der Waals surface area contributed by atoms with E-state index in [2.05, 4.69) is 5.16 Å². The minimum Gasteiger partial charge on any atom is -0.497 e. The molecule has 0 aromatic heterocycles. The number of carbonyl (C=O) groups is 3. The molecule has 194 valence electrons. The molecule has 37 heavy (non-hydrogen) atoms. The number of benzene rings is 2. The zero-order chi connectivity index (χ0) is 26.4. The number of hydrogen-bond donors (Lipinski definition) is 0. The van der Waals surface area contributed by atoms with Crippen molar-refractivity contribution in [1.29, 1.82) is 0 Å². The summed E-state index contributed by atoms with van der Waals surface area (Å²) in [5.74, 6) is 0.0133. The van der Waals surface area contributed by atoms with E-state index in [-0.39, 0.29) is 19.4 Å². The standard InChI is InChI=1S/C26H28N4O7/c1-5-36-21(31)16-25(2)30-24(33)28(17-9-7-6-8-10-17)23(32)29-20-15-18(34-3)11-12-19(20)22(37-25)26(29,30)13-14-27-35-4/h6-12,14-15,22H,5,13,16H2,1-4H3/b27-14+/t22-,25+,26-/m1/s1. The molecule has 0 unspecified atom stereocenters. The third-order valence-electron chi connectivity index (χ3n) is 6.93. The lowest BCUT2D eigenvalue weighted by molar-refractivity contribution is -0.155. The minimum absolute atomic E-state index is 0.0844. The van der Waals surface area contributed by atoms with Crippen LogP contribution in [0.15, 0.2) is 53.7 Å². The van der Waals surface area contributed by atoms with E-state index in [0.29, 0.717) is 22.7 Å². The monoisotopic (exact) mass is 508 g/mol. The molecule has 2 saturated heterocycles. The van der Waals surface area contributed by atoms with Crippen LogP contribution in [0.4, 0.5) is 21.0 Å². The van der Waals surface area contributed by atoms with Gasteiger partial charge in [-0.3, -0.25) is 14.6 Å². The molecule has 0 aliphatic carbocycles. The van der Waals surface area contributed by atoms with Crippen LogP contribution in [0.25, 0.3) is 0 Å². The molecule has 2 aromatic carbocycles. The first-order valence-electron chi connectivity index (χ1n) is 11.9. The number of imide groups is 1. The third-order valence-corrected chi connectivity index (χ3v) is 6.93. The highest BCUT2D eigenvalue weighted by molar-refractivity contribution is 6.23. The summed E-state index contributed by atoms with van der Waals surface area (Å²) in [5.41, 5.74) is -1.18. The lowest BCUT2D eigenvalue weighted by Gasteiger charge is -2.52. The van der Waals surface area contributed by atoms with Gasteiger partial charge in [0.15, 0.2) is 11.4 Å². The Morgan fingerprint density at radius 1 is 1.14 bits per heavy atom. The lowest BCUT2D eigenvalue weighted by atomic mass is 9.94. The normalized spacial score (nSPS) is 25.9. The fourth-order valence-electron chi connectivity index (χ4n) is 5.58. The maximum Gasteiger partial charge on any atom is 0.339 e. The Balaban J connectivity index is 1.75. The van der Waals surface area contributed by atoms with Crippen molar-refractivity contribution >= 4 is 35.6 Å². The van der Waals surface area contributed by atoms with E-state index in [0.717, 1.165) is 4.90 Å². The Morgan fingerprint density at radius 2 is 1.89 bits per heavy atom. The van der Waals surface area contributed by atoms with Gasteiger partial charge in [-0.25, -0.2) is 14.5 Å². The number of para-hydroxylation sites is 1. The summed E-state index contributed by atoms with van der Waals surface area (Å²) in [4.78, 5) is 50.2. The number of esters is 1. The molecule has 0 spiro atoms. The molecule has 2 fully saturated rings. The number of anilines is 2. The van der Waals surface area contributed by atoms with E-state index in [4.69, 9.17) is 19.0 Å². The summed E-state index contributed by atoms with van der Waals surface area (Å²) in [6.07, 6.45) is 0.569. The molecule has 3 aliphatic rings. The summed E-state index contributed by atoms with van der Waals surface area (Å²) < 4.78 is 17.2. The van der Waals surface area contributed by atoms with Crippen molar-refractivity contribution < 1.29 is 33.4 Å². The Kier molecular flexibility index (Phi) is 6.03. The van der Waals surface area contributed by atoms with E-state index in [1.54, 1.807) is 61.2 Å². The highest BCUT2D eigenvalue weighted by Gasteiger charge is 2.73. The van der Waals surface area contributed by atoms with Gasteiger partial charge in [-0.15, -0.1) is 0 Å². The predicted molar refractivity (Wildman–Crippen MR) is 133 cm³/mol. The van der Waals surface area contributed by atoms with E-state index in [9.17, 15) is 14.4 Å². The van der Waals surface area contributed by atoms with E-state index in [1.807, 2.05) is 6.07 Å². The summed E-state index contributed by atoms with van der Waals surface area (Å²) in [6, 6.07) is 12.8. The highest BCUT2D eigenvalue weighted by atomic mass is 16.6. The first-order valence-corrected chi connectivity index (χ1v) is 11.9. The number of amides is 4. The molecule has 3 heterocycles. The second-order valence-electron chi connectivity index (χ2n) is 9.04. The van der Waals surface area contributed by atoms with Crippen LogP contribution in [0.3, 0.4) is 0 Å². The van der Waals surface area contributed by atoms with E-state index < -0.39 is 35.5 Å². The molecule has 5 rings (SSSR count). The topological polar surface area (TPSA) is 110 Å².